The minimum Gasteiger partial charge on any atom is -0.460 e. The first-order chi connectivity index (χ1) is 14.5. The number of hydrogen-bond donors (Lipinski definition) is 3. The summed E-state index contributed by atoms with van der Waals surface area (Å²) in [5.74, 6) is -0.394. The third kappa shape index (κ3) is 9.22. The van der Waals surface area contributed by atoms with Crippen molar-refractivity contribution in [2.45, 2.75) is 82.1 Å². The molecule has 0 spiro atoms. The highest BCUT2D eigenvalue weighted by atomic mass is 16.5. The van der Waals surface area contributed by atoms with Crippen molar-refractivity contribution in [3.05, 3.63) is 60.8 Å². The van der Waals surface area contributed by atoms with Crippen molar-refractivity contribution < 1.29 is 29.6 Å². The van der Waals surface area contributed by atoms with Crippen LogP contribution in [0.1, 0.15) is 45.4 Å². The molecule has 0 amide bonds. The van der Waals surface area contributed by atoms with Gasteiger partial charge in [-0.3, -0.25) is 0 Å². The SMILES string of the molecule is C[C@@H]1CCC/C=C/[C@@H]2O[C@@H](C/C=C\C=C\[C@@H](O)C/C=C/C=C\C(=O)O1)C[C@@H](O)[C@H]2O. The van der Waals surface area contributed by atoms with Crippen molar-refractivity contribution in [2.24, 2.45) is 0 Å². The summed E-state index contributed by atoms with van der Waals surface area (Å²) < 4.78 is 11.3. The lowest BCUT2D eigenvalue weighted by atomic mass is 9.95. The topological polar surface area (TPSA) is 96.2 Å². The number of carbonyl (C=O) groups excluding carboxylic acids is 1. The van der Waals surface area contributed by atoms with Crippen molar-refractivity contribution in [3.63, 3.8) is 0 Å². The number of rotatable bonds is 0. The molecule has 166 valence electrons. The number of aliphatic hydroxyl groups excluding tert-OH is 3. The molecule has 2 heterocycles. The Morgan fingerprint density at radius 3 is 2.57 bits per heavy atom. The molecule has 2 aliphatic heterocycles. The Morgan fingerprint density at radius 1 is 0.967 bits per heavy atom. The van der Waals surface area contributed by atoms with E-state index in [1.807, 2.05) is 25.2 Å². The van der Waals surface area contributed by atoms with E-state index >= 15 is 0 Å². The van der Waals surface area contributed by atoms with Gasteiger partial charge in [0.25, 0.3) is 0 Å². The first-order valence-electron chi connectivity index (χ1n) is 10.7. The highest BCUT2D eigenvalue weighted by molar-refractivity contribution is 5.82. The number of esters is 1. The highest BCUT2D eigenvalue weighted by Crippen LogP contribution is 2.24. The molecular formula is C24H34O6. The van der Waals surface area contributed by atoms with Crippen molar-refractivity contribution in [1.82, 2.24) is 0 Å². The zero-order chi connectivity index (χ0) is 21.8. The third-order valence-electron chi connectivity index (χ3n) is 5.05. The minimum absolute atomic E-state index is 0.181. The first-order valence-corrected chi connectivity index (χ1v) is 10.7. The highest BCUT2D eigenvalue weighted by Gasteiger charge is 2.34. The number of aliphatic hydroxyl groups is 3. The number of allylic oxidation sites excluding steroid dienone is 5. The Hall–Kier alpha value is -1.99. The van der Waals surface area contributed by atoms with Crippen LogP contribution in [0, 0.1) is 0 Å². The molecule has 0 saturated carbocycles. The van der Waals surface area contributed by atoms with Gasteiger partial charge >= 0.3 is 5.97 Å². The van der Waals surface area contributed by atoms with Crippen LogP contribution >= 0.6 is 0 Å². The molecule has 0 aromatic carbocycles. The van der Waals surface area contributed by atoms with Gasteiger partial charge in [-0.05, 0) is 39.0 Å². The molecule has 6 atom stereocenters. The second-order valence-corrected chi connectivity index (χ2v) is 7.76. The van der Waals surface area contributed by atoms with Gasteiger partial charge in [-0.25, -0.2) is 4.79 Å². The summed E-state index contributed by atoms with van der Waals surface area (Å²) in [6.07, 6.45) is 17.9. The fourth-order valence-electron chi connectivity index (χ4n) is 3.36. The summed E-state index contributed by atoms with van der Waals surface area (Å²) in [4.78, 5) is 11.8. The van der Waals surface area contributed by atoms with Crippen LogP contribution < -0.4 is 0 Å². The van der Waals surface area contributed by atoms with Crippen LogP contribution in [0.2, 0.25) is 0 Å². The van der Waals surface area contributed by atoms with Gasteiger partial charge in [0.2, 0.25) is 0 Å². The molecule has 6 nitrogen and oxygen atoms in total. The smallest absolute Gasteiger partial charge is 0.331 e. The molecular weight excluding hydrogens is 384 g/mol. The summed E-state index contributed by atoms with van der Waals surface area (Å²) in [6.45, 7) is 1.86. The molecule has 3 N–H and O–H groups in total. The molecule has 30 heavy (non-hydrogen) atoms. The molecule has 0 aromatic rings. The predicted molar refractivity (Wildman–Crippen MR) is 116 cm³/mol. The number of ether oxygens (including phenoxy) is 2. The minimum atomic E-state index is -0.943. The van der Waals surface area contributed by atoms with E-state index in [0.29, 0.717) is 19.3 Å². The van der Waals surface area contributed by atoms with E-state index in [4.69, 9.17) is 9.47 Å². The predicted octanol–water partition coefficient (Wildman–Crippen LogP) is 2.90. The molecule has 1 saturated heterocycles. The fraction of sp³-hybridized carbons (Fsp3) is 0.542. The van der Waals surface area contributed by atoms with Gasteiger partial charge in [-0.1, -0.05) is 54.7 Å². The maximum absolute atomic E-state index is 11.8. The number of hydrogen-bond acceptors (Lipinski definition) is 6. The van der Waals surface area contributed by atoms with E-state index in [9.17, 15) is 20.1 Å². The van der Waals surface area contributed by atoms with Gasteiger partial charge in [-0.15, -0.1) is 0 Å². The molecule has 0 aliphatic carbocycles. The van der Waals surface area contributed by atoms with E-state index in [-0.39, 0.29) is 12.2 Å². The molecule has 1 fully saturated rings. The summed E-state index contributed by atoms with van der Waals surface area (Å²) in [6, 6.07) is 0. The van der Waals surface area contributed by atoms with Gasteiger partial charge in [0.15, 0.2) is 0 Å². The average Bonchev–Trinajstić information content (AvgIpc) is 2.69. The van der Waals surface area contributed by atoms with Crippen LogP contribution in [0.25, 0.3) is 0 Å². The Bertz CT molecular complexity index is 663. The molecule has 2 aliphatic rings. The Balaban J connectivity index is 2.02. The molecule has 0 unspecified atom stereocenters. The van der Waals surface area contributed by atoms with Crippen molar-refractivity contribution in [1.29, 1.82) is 0 Å². The zero-order valence-electron chi connectivity index (χ0n) is 17.5. The molecule has 2 rings (SSSR count). The van der Waals surface area contributed by atoms with Crippen LogP contribution in [-0.4, -0.2) is 57.9 Å². The summed E-state index contributed by atoms with van der Waals surface area (Å²) in [7, 11) is 0. The Labute approximate surface area is 178 Å². The fourth-order valence-corrected chi connectivity index (χ4v) is 3.36. The lowest BCUT2D eigenvalue weighted by Crippen LogP contribution is -2.47. The molecule has 6 heteroatoms. The van der Waals surface area contributed by atoms with Gasteiger partial charge in [0, 0.05) is 12.5 Å². The number of fused-ring (bicyclic) bond motifs is 2. The molecule has 2 bridgehead atoms. The summed E-state index contributed by atoms with van der Waals surface area (Å²) in [5.41, 5.74) is 0. The maximum atomic E-state index is 11.8. The van der Waals surface area contributed by atoms with Gasteiger partial charge in [0.05, 0.1) is 24.4 Å². The largest absolute Gasteiger partial charge is 0.460 e. The van der Waals surface area contributed by atoms with Crippen LogP contribution in [0.4, 0.5) is 0 Å². The third-order valence-corrected chi connectivity index (χ3v) is 5.05. The standard InChI is InChI=1S/C24H34O6/c1-18-11-5-2-9-15-22-24(28)21(26)17-20(30-22)14-8-3-6-12-19(25)13-7-4-10-16-23(27)29-18/h3-4,6-10,12,15-16,18-22,24-26,28H,2,5,11,13-14,17H2,1H3/b7-4+,8-3-,12-6+,15-9+,16-10-/t18-,19-,20+,21-,22+,24-/m1/s1. The Kier molecular flexibility index (Phi) is 10.8. The van der Waals surface area contributed by atoms with Crippen molar-refractivity contribution >= 4 is 5.97 Å². The second kappa shape index (κ2) is 13.3. The van der Waals surface area contributed by atoms with Gasteiger partial charge in [0.1, 0.15) is 12.2 Å². The lowest BCUT2D eigenvalue weighted by Gasteiger charge is -2.35. The van der Waals surface area contributed by atoms with Crippen molar-refractivity contribution in [2.75, 3.05) is 0 Å². The quantitative estimate of drug-likeness (QED) is 0.414. The molecule has 0 radical (unpaired) electrons. The van der Waals surface area contributed by atoms with E-state index in [0.717, 1.165) is 19.3 Å². The molecule has 0 aromatic heterocycles. The first kappa shape index (κ1) is 24.3. The maximum Gasteiger partial charge on any atom is 0.331 e. The van der Waals surface area contributed by atoms with E-state index in [1.54, 1.807) is 36.5 Å². The number of carbonyl (C=O) groups is 1. The Morgan fingerprint density at radius 2 is 1.73 bits per heavy atom. The normalized spacial score (nSPS) is 40.1. The second-order valence-electron chi connectivity index (χ2n) is 7.76. The average molecular weight is 419 g/mol. The summed E-state index contributed by atoms with van der Waals surface area (Å²) in [5, 5.41) is 30.3. The van der Waals surface area contributed by atoms with E-state index in [1.165, 1.54) is 6.08 Å². The van der Waals surface area contributed by atoms with Crippen molar-refractivity contribution in [3.8, 4) is 0 Å². The number of cyclic esters (lactones) is 1. The van der Waals surface area contributed by atoms with Crippen LogP contribution in [0.5, 0.6) is 0 Å². The van der Waals surface area contributed by atoms with Gasteiger partial charge < -0.3 is 24.8 Å². The lowest BCUT2D eigenvalue weighted by molar-refractivity contribution is -0.149. The van der Waals surface area contributed by atoms with E-state index in [2.05, 4.69) is 0 Å². The van der Waals surface area contributed by atoms with Crippen LogP contribution in [0.3, 0.4) is 0 Å². The monoisotopic (exact) mass is 418 g/mol. The van der Waals surface area contributed by atoms with E-state index < -0.39 is 30.4 Å². The zero-order valence-corrected chi connectivity index (χ0v) is 17.5. The van der Waals surface area contributed by atoms with Crippen LogP contribution in [-0.2, 0) is 14.3 Å². The summed E-state index contributed by atoms with van der Waals surface area (Å²) >= 11 is 0. The van der Waals surface area contributed by atoms with Crippen LogP contribution in [0.15, 0.2) is 60.8 Å². The van der Waals surface area contributed by atoms with Gasteiger partial charge in [-0.2, -0.15) is 0 Å².